The van der Waals surface area contributed by atoms with Gasteiger partial charge in [-0.3, -0.25) is 24.0 Å². The summed E-state index contributed by atoms with van der Waals surface area (Å²) in [5.74, 6) is -4.36. The highest BCUT2D eigenvalue weighted by molar-refractivity contribution is 6.02. The van der Waals surface area contributed by atoms with Crippen molar-refractivity contribution in [2.45, 2.75) is 78.6 Å². The van der Waals surface area contributed by atoms with E-state index in [4.69, 9.17) is 9.47 Å². The predicted molar refractivity (Wildman–Crippen MR) is 158 cm³/mol. The Balaban J connectivity index is 1.83. The van der Waals surface area contributed by atoms with Crippen molar-refractivity contribution in [3.8, 4) is 5.75 Å². The number of benzene rings is 1. The molecule has 11 nitrogen and oxygen atoms in total. The summed E-state index contributed by atoms with van der Waals surface area (Å²) in [5.41, 5.74) is -2.55. The van der Waals surface area contributed by atoms with Crippen molar-refractivity contribution >= 4 is 40.4 Å². The van der Waals surface area contributed by atoms with E-state index >= 15 is 0 Å². The average molecular weight is 639 g/mol. The highest BCUT2D eigenvalue weighted by atomic mass is 19.4. The Morgan fingerprint density at radius 1 is 1.04 bits per heavy atom. The van der Waals surface area contributed by atoms with Crippen molar-refractivity contribution in [1.82, 2.24) is 20.9 Å². The summed E-state index contributed by atoms with van der Waals surface area (Å²) in [7, 11) is 1.50. The molecule has 1 aliphatic rings. The number of nitrogens with one attached hydrogen (secondary N) is 4. The summed E-state index contributed by atoms with van der Waals surface area (Å²) in [6.45, 7) is 6.22. The molecule has 1 aliphatic heterocycles. The number of Topliss-reactive ketones (excluding diaryl/α,β-unsaturated/α-hetero) is 1. The van der Waals surface area contributed by atoms with Crippen LogP contribution in [0.4, 0.5) is 13.2 Å². The Labute approximate surface area is 259 Å². The summed E-state index contributed by atoms with van der Waals surface area (Å²) >= 11 is 0. The Bertz CT molecular complexity index is 1430. The molecule has 2 heterocycles. The number of hydrogen-bond acceptors (Lipinski definition) is 7. The van der Waals surface area contributed by atoms with Crippen molar-refractivity contribution in [3.63, 3.8) is 0 Å². The first-order valence-electron chi connectivity index (χ1n) is 14.7. The lowest BCUT2D eigenvalue weighted by Gasteiger charge is -2.30. The van der Waals surface area contributed by atoms with E-state index in [2.05, 4.69) is 20.9 Å². The quantitative estimate of drug-likeness (QED) is 0.258. The van der Waals surface area contributed by atoms with E-state index in [9.17, 15) is 37.1 Å². The van der Waals surface area contributed by atoms with Crippen LogP contribution in [-0.4, -0.2) is 73.0 Å². The number of alkyl halides is 3. The largest absolute Gasteiger partial charge is 0.496 e. The smallest absolute Gasteiger partial charge is 0.404 e. The average Bonchev–Trinajstić information content (AvgIpc) is 3.39. The number of aromatic nitrogens is 1. The van der Waals surface area contributed by atoms with Gasteiger partial charge in [-0.15, -0.1) is 0 Å². The number of carbonyl (C=O) groups excluding carboxylic acids is 5. The number of ether oxygens (including phenoxy) is 2. The highest BCUT2D eigenvalue weighted by Gasteiger charge is 2.54. The summed E-state index contributed by atoms with van der Waals surface area (Å²) in [5, 5.41) is 8.63. The second kappa shape index (κ2) is 13.9. The predicted octanol–water partition coefficient (Wildman–Crippen LogP) is 3.81. The van der Waals surface area contributed by atoms with Crippen molar-refractivity contribution in [1.29, 1.82) is 0 Å². The minimum Gasteiger partial charge on any atom is -0.496 e. The monoisotopic (exact) mass is 638 g/mol. The number of ketones is 1. The number of esters is 1. The molecule has 4 N–H and O–H groups in total. The van der Waals surface area contributed by atoms with Crippen molar-refractivity contribution in [3.05, 3.63) is 30.0 Å². The highest BCUT2D eigenvalue weighted by Crippen LogP contribution is 2.38. The van der Waals surface area contributed by atoms with Gasteiger partial charge in [0.05, 0.1) is 13.2 Å². The van der Waals surface area contributed by atoms with Crippen LogP contribution in [0.1, 0.15) is 70.8 Å². The van der Waals surface area contributed by atoms with E-state index in [0.717, 1.165) is 0 Å². The summed E-state index contributed by atoms with van der Waals surface area (Å²) < 4.78 is 50.0. The van der Waals surface area contributed by atoms with Crippen LogP contribution >= 0.6 is 0 Å². The standard InChI is InChI=1S/C31H41F3N4O7/c1-29(2,3)15-22(38-26(41)21-14-18-19(36-21)10-7-11-24(18)44-6)27(42)37-20(13-17-9-8-12-35-25(17)40)23(39)16-45-28(43)30(4,5)31(32,33)34/h7,10-11,14,17,20,22,36H,8-9,12-13,15-16H2,1-6H3,(H,35,40)(H,37,42)(H,38,41)/t17-,20-,22-/m0/s1. The Kier molecular flexibility index (Phi) is 10.9. The molecule has 1 saturated heterocycles. The van der Waals surface area contributed by atoms with Gasteiger partial charge in [-0.05, 0) is 63.1 Å². The number of H-pyrrole nitrogens is 1. The topological polar surface area (TPSA) is 156 Å². The summed E-state index contributed by atoms with van der Waals surface area (Å²) in [6, 6.07) is 4.30. The number of halogens is 3. The minimum atomic E-state index is -4.92. The van der Waals surface area contributed by atoms with Crippen LogP contribution < -0.4 is 20.7 Å². The second-order valence-corrected chi connectivity index (χ2v) is 13.0. The van der Waals surface area contributed by atoms with E-state index < -0.39 is 65.2 Å². The van der Waals surface area contributed by atoms with Crippen LogP contribution in [0.15, 0.2) is 24.3 Å². The molecule has 248 valence electrons. The molecule has 3 rings (SSSR count). The molecule has 0 spiro atoms. The fraction of sp³-hybridized carbons (Fsp3) is 0.581. The molecule has 14 heteroatoms. The molecule has 3 amide bonds. The number of aromatic amines is 1. The van der Waals surface area contributed by atoms with Crippen molar-refractivity contribution < 1.29 is 46.6 Å². The van der Waals surface area contributed by atoms with Gasteiger partial charge < -0.3 is 30.4 Å². The zero-order valence-corrected chi connectivity index (χ0v) is 26.3. The second-order valence-electron chi connectivity index (χ2n) is 13.0. The van der Waals surface area contributed by atoms with Crippen LogP contribution in [0.5, 0.6) is 5.75 Å². The van der Waals surface area contributed by atoms with Gasteiger partial charge in [0.1, 0.15) is 17.5 Å². The molecule has 1 aromatic carbocycles. The lowest BCUT2D eigenvalue weighted by molar-refractivity contribution is -0.224. The number of rotatable bonds is 12. The SMILES string of the molecule is COc1cccc2[nH]c(C(=O)N[C@@H](CC(C)(C)C)C(=O)N[C@@H](C[C@@H]3CCCNC3=O)C(=O)COC(=O)C(C)(C)C(F)(F)F)cc12. The number of piperidine rings is 1. The number of fused-ring (bicyclic) bond motifs is 1. The maximum Gasteiger partial charge on any atom is 0.404 e. The van der Waals surface area contributed by atoms with E-state index in [1.54, 1.807) is 24.3 Å². The lowest BCUT2D eigenvalue weighted by atomic mass is 9.87. The molecule has 0 saturated carbocycles. The summed E-state index contributed by atoms with van der Waals surface area (Å²) in [4.78, 5) is 67.9. The Morgan fingerprint density at radius 2 is 1.73 bits per heavy atom. The van der Waals surface area contributed by atoms with Gasteiger partial charge in [0.15, 0.2) is 17.8 Å². The van der Waals surface area contributed by atoms with Gasteiger partial charge in [-0.1, -0.05) is 26.8 Å². The molecular formula is C31H41F3N4O7. The van der Waals surface area contributed by atoms with Gasteiger partial charge in [0, 0.05) is 23.4 Å². The molecule has 0 bridgehead atoms. The molecule has 0 unspecified atom stereocenters. The molecule has 2 aromatic rings. The zero-order chi connectivity index (χ0) is 33.7. The lowest BCUT2D eigenvalue weighted by Crippen LogP contribution is -2.54. The summed E-state index contributed by atoms with van der Waals surface area (Å²) in [6.07, 6.45) is -3.91. The minimum absolute atomic E-state index is 0.147. The van der Waals surface area contributed by atoms with Crippen molar-refractivity contribution in [2.24, 2.45) is 16.7 Å². The molecular weight excluding hydrogens is 597 g/mol. The normalized spacial score (nSPS) is 17.2. The Morgan fingerprint density at radius 3 is 2.33 bits per heavy atom. The van der Waals surface area contributed by atoms with E-state index in [1.165, 1.54) is 7.11 Å². The molecule has 45 heavy (non-hydrogen) atoms. The molecule has 0 aliphatic carbocycles. The van der Waals surface area contributed by atoms with Crippen LogP contribution in [0.2, 0.25) is 0 Å². The van der Waals surface area contributed by atoms with Gasteiger partial charge in [0.2, 0.25) is 11.8 Å². The number of hydrogen-bond donors (Lipinski definition) is 4. The number of amides is 3. The van der Waals surface area contributed by atoms with Gasteiger partial charge in [0.25, 0.3) is 5.91 Å². The van der Waals surface area contributed by atoms with Crippen LogP contribution in [0, 0.1) is 16.7 Å². The van der Waals surface area contributed by atoms with Crippen LogP contribution in [-0.2, 0) is 23.9 Å². The van der Waals surface area contributed by atoms with E-state index in [-0.39, 0.29) is 24.4 Å². The maximum absolute atomic E-state index is 13.7. The number of methoxy groups -OCH3 is 1. The van der Waals surface area contributed by atoms with Crippen LogP contribution in [0.3, 0.4) is 0 Å². The van der Waals surface area contributed by atoms with Gasteiger partial charge in [-0.25, -0.2) is 0 Å². The number of carbonyl (C=O) groups is 5. The molecule has 0 radical (unpaired) electrons. The Hall–Kier alpha value is -4.10. The first-order valence-corrected chi connectivity index (χ1v) is 14.7. The van der Waals surface area contributed by atoms with E-state index in [0.29, 0.717) is 49.9 Å². The van der Waals surface area contributed by atoms with Crippen LogP contribution in [0.25, 0.3) is 10.9 Å². The third-order valence-corrected chi connectivity index (χ3v) is 7.72. The molecule has 1 aromatic heterocycles. The van der Waals surface area contributed by atoms with Crippen molar-refractivity contribution in [2.75, 3.05) is 20.3 Å². The first kappa shape index (κ1) is 35.4. The third kappa shape index (κ3) is 8.98. The maximum atomic E-state index is 13.7. The molecule has 1 fully saturated rings. The van der Waals surface area contributed by atoms with Gasteiger partial charge in [-0.2, -0.15) is 13.2 Å². The molecule has 3 atom stereocenters. The van der Waals surface area contributed by atoms with E-state index in [1.807, 2.05) is 20.8 Å². The third-order valence-electron chi connectivity index (χ3n) is 7.72. The van der Waals surface area contributed by atoms with Gasteiger partial charge >= 0.3 is 12.1 Å². The fourth-order valence-electron chi connectivity index (χ4n) is 4.91. The first-order chi connectivity index (χ1) is 20.8. The fourth-order valence-corrected chi connectivity index (χ4v) is 4.91. The zero-order valence-electron chi connectivity index (χ0n) is 26.3.